The fourth-order valence-corrected chi connectivity index (χ4v) is 5.39. The molecule has 2 aliphatic heterocycles. The average Bonchev–Trinajstić information content (AvgIpc) is 3.25. The van der Waals surface area contributed by atoms with Crippen molar-refractivity contribution in [1.82, 2.24) is 9.88 Å². The summed E-state index contributed by atoms with van der Waals surface area (Å²) in [4.78, 5) is 21.9. The SMILES string of the molecule is CC(C)(C)C(=O)CCC1CCC(CCN2CCN(c3nccc4c3OCC4)CC2)CC1. The first-order valence-electron chi connectivity index (χ1n) is 12.5. The van der Waals surface area contributed by atoms with Crippen LogP contribution >= 0.6 is 0 Å². The van der Waals surface area contributed by atoms with Gasteiger partial charge in [-0.3, -0.25) is 9.69 Å². The van der Waals surface area contributed by atoms with Gasteiger partial charge in [0.25, 0.3) is 0 Å². The molecule has 0 atom stereocenters. The maximum absolute atomic E-state index is 12.2. The van der Waals surface area contributed by atoms with Crippen LogP contribution in [-0.2, 0) is 11.2 Å². The lowest BCUT2D eigenvalue weighted by molar-refractivity contribution is -0.126. The molecule has 5 nitrogen and oxygen atoms in total. The molecule has 1 saturated heterocycles. The minimum atomic E-state index is -0.176. The number of carbonyl (C=O) groups is 1. The number of hydrogen-bond donors (Lipinski definition) is 0. The minimum absolute atomic E-state index is 0.176. The molecule has 0 N–H and O–H groups in total. The number of aromatic nitrogens is 1. The fourth-order valence-electron chi connectivity index (χ4n) is 5.39. The fraction of sp³-hybridized carbons (Fsp3) is 0.769. The quantitative estimate of drug-likeness (QED) is 0.629. The molecule has 1 aromatic rings. The van der Waals surface area contributed by atoms with E-state index in [9.17, 15) is 4.79 Å². The van der Waals surface area contributed by atoms with Gasteiger partial charge in [0.15, 0.2) is 11.6 Å². The van der Waals surface area contributed by atoms with Crippen LogP contribution in [0.5, 0.6) is 5.75 Å². The zero-order valence-electron chi connectivity index (χ0n) is 19.9. The number of rotatable bonds is 7. The number of hydrogen-bond acceptors (Lipinski definition) is 5. The standard InChI is InChI=1S/C26H41N3O2/c1-26(2,3)23(30)9-8-20-4-6-21(7-5-20)11-14-28-15-17-29(18-16-28)25-24-22(10-13-27-25)12-19-31-24/h10,13,20-21H,4-9,11-12,14-19H2,1-3H3. The van der Waals surface area contributed by atoms with Crippen molar-refractivity contribution in [3.8, 4) is 5.75 Å². The molecule has 3 heterocycles. The first-order chi connectivity index (χ1) is 14.9. The molecule has 0 unspecified atom stereocenters. The van der Waals surface area contributed by atoms with Crippen LogP contribution in [0.1, 0.15) is 71.3 Å². The molecule has 3 aliphatic rings. The molecule has 0 radical (unpaired) electrons. The van der Waals surface area contributed by atoms with Gasteiger partial charge in [0, 0.05) is 56.2 Å². The zero-order valence-corrected chi connectivity index (χ0v) is 19.9. The number of nitrogens with zero attached hydrogens (tertiary/aromatic N) is 3. The molecule has 4 rings (SSSR count). The number of anilines is 1. The third-order valence-electron chi connectivity index (χ3n) is 7.69. The second-order valence-electron chi connectivity index (χ2n) is 10.9. The van der Waals surface area contributed by atoms with E-state index in [1.165, 1.54) is 44.2 Å². The Morgan fingerprint density at radius 3 is 2.42 bits per heavy atom. The van der Waals surface area contributed by atoms with Crippen LogP contribution in [0.3, 0.4) is 0 Å². The van der Waals surface area contributed by atoms with Crippen LogP contribution in [0.15, 0.2) is 12.3 Å². The average molecular weight is 428 g/mol. The van der Waals surface area contributed by atoms with E-state index in [2.05, 4.69) is 20.9 Å². The monoisotopic (exact) mass is 427 g/mol. The third-order valence-corrected chi connectivity index (χ3v) is 7.69. The van der Waals surface area contributed by atoms with Crippen LogP contribution in [0.25, 0.3) is 0 Å². The molecule has 31 heavy (non-hydrogen) atoms. The van der Waals surface area contributed by atoms with Gasteiger partial charge in [-0.2, -0.15) is 0 Å². The van der Waals surface area contributed by atoms with Crippen LogP contribution in [0, 0.1) is 17.3 Å². The molecular weight excluding hydrogens is 386 g/mol. The zero-order chi connectivity index (χ0) is 21.8. The molecular formula is C26H41N3O2. The van der Waals surface area contributed by atoms with Gasteiger partial charge in [-0.1, -0.05) is 46.5 Å². The van der Waals surface area contributed by atoms with Crippen molar-refractivity contribution in [3.63, 3.8) is 0 Å². The summed E-state index contributed by atoms with van der Waals surface area (Å²) < 4.78 is 5.86. The van der Waals surface area contributed by atoms with E-state index in [4.69, 9.17) is 4.74 Å². The summed E-state index contributed by atoms with van der Waals surface area (Å²) in [6.07, 6.45) is 11.5. The van der Waals surface area contributed by atoms with Crippen molar-refractivity contribution < 1.29 is 9.53 Å². The highest BCUT2D eigenvalue weighted by Crippen LogP contribution is 2.36. The summed E-state index contributed by atoms with van der Waals surface area (Å²) >= 11 is 0. The van der Waals surface area contributed by atoms with Gasteiger partial charge in [0.2, 0.25) is 0 Å². The van der Waals surface area contributed by atoms with Crippen molar-refractivity contribution >= 4 is 11.6 Å². The van der Waals surface area contributed by atoms with E-state index < -0.39 is 0 Å². The van der Waals surface area contributed by atoms with Gasteiger partial charge < -0.3 is 9.64 Å². The maximum Gasteiger partial charge on any atom is 0.171 e. The smallest absolute Gasteiger partial charge is 0.171 e. The van der Waals surface area contributed by atoms with Gasteiger partial charge >= 0.3 is 0 Å². The summed E-state index contributed by atoms with van der Waals surface area (Å²) in [6, 6.07) is 2.10. The van der Waals surface area contributed by atoms with E-state index >= 15 is 0 Å². The topological polar surface area (TPSA) is 45.7 Å². The van der Waals surface area contributed by atoms with Crippen LogP contribution < -0.4 is 9.64 Å². The Balaban J connectivity index is 1.14. The first kappa shape index (κ1) is 22.6. The van der Waals surface area contributed by atoms with Gasteiger partial charge in [-0.05, 0) is 37.3 Å². The molecule has 172 valence electrons. The van der Waals surface area contributed by atoms with Gasteiger partial charge in [-0.25, -0.2) is 4.98 Å². The Labute approximate surface area is 188 Å². The second kappa shape index (κ2) is 9.89. The summed E-state index contributed by atoms with van der Waals surface area (Å²) in [5.74, 6) is 4.15. The molecule has 0 aromatic carbocycles. The number of carbonyl (C=O) groups excluding carboxylic acids is 1. The van der Waals surface area contributed by atoms with Gasteiger partial charge in [-0.15, -0.1) is 0 Å². The lowest BCUT2D eigenvalue weighted by Crippen LogP contribution is -2.47. The van der Waals surface area contributed by atoms with E-state index in [0.717, 1.165) is 75.5 Å². The summed E-state index contributed by atoms with van der Waals surface area (Å²) in [5, 5.41) is 0. The molecule has 1 aromatic heterocycles. The number of fused-ring (bicyclic) bond motifs is 1. The minimum Gasteiger partial charge on any atom is -0.489 e. The lowest BCUT2D eigenvalue weighted by atomic mass is 9.77. The van der Waals surface area contributed by atoms with Crippen LogP contribution in [-0.4, -0.2) is 55.0 Å². The van der Waals surface area contributed by atoms with Crippen molar-refractivity contribution in [1.29, 1.82) is 0 Å². The Morgan fingerprint density at radius 2 is 1.74 bits per heavy atom. The second-order valence-corrected chi connectivity index (χ2v) is 10.9. The number of pyridine rings is 1. The molecule has 0 spiro atoms. The van der Waals surface area contributed by atoms with Crippen LogP contribution in [0.2, 0.25) is 0 Å². The summed E-state index contributed by atoms with van der Waals surface area (Å²) in [7, 11) is 0. The highest BCUT2D eigenvalue weighted by atomic mass is 16.5. The molecule has 1 aliphatic carbocycles. The lowest BCUT2D eigenvalue weighted by Gasteiger charge is -2.37. The number of piperazine rings is 1. The Kier molecular flexibility index (Phi) is 7.20. The highest BCUT2D eigenvalue weighted by molar-refractivity contribution is 5.83. The van der Waals surface area contributed by atoms with Crippen molar-refractivity contribution in [2.45, 2.75) is 72.1 Å². The van der Waals surface area contributed by atoms with E-state index in [1.807, 2.05) is 27.0 Å². The molecule has 2 fully saturated rings. The third kappa shape index (κ3) is 5.79. The van der Waals surface area contributed by atoms with Crippen LogP contribution in [0.4, 0.5) is 5.82 Å². The van der Waals surface area contributed by atoms with E-state index in [1.54, 1.807) is 0 Å². The molecule has 0 bridgehead atoms. The maximum atomic E-state index is 12.2. The Morgan fingerprint density at radius 1 is 1.06 bits per heavy atom. The van der Waals surface area contributed by atoms with Gasteiger partial charge in [0.05, 0.1) is 6.61 Å². The Hall–Kier alpha value is -1.62. The normalized spacial score (nSPS) is 24.7. The highest BCUT2D eigenvalue weighted by Gasteiger charge is 2.27. The molecule has 0 amide bonds. The van der Waals surface area contributed by atoms with Crippen molar-refractivity contribution in [2.24, 2.45) is 17.3 Å². The van der Waals surface area contributed by atoms with E-state index in [0.29, 0.717) is 5.78 Å². The predicted molar refractivity (Wildman–Crippen MR) is 126 cm³/mol. The first-order valence-corrected chi connectivity index (χ1v) is 12.5. The predicted octanol–water partition coefficient (Wildman–Crippen LogP) is 4.73. The van der Waals surface area contributed by atoms with Crippen molar-refractivity contribution in [3.05, 3.63) is 17.8 Å². The Bertz CT molecular complexity index is 742. The number of ether oxygens (including phenoxy) is 1. The van der Waals surface area contributed by atoms with Crippen molar-refractivity contribution in [2.75, 3.05) is 44.2 Å². The largest absolute Gasteiger partial charge is 0.489 e. The summed E-state index contributed by atoms with van der Waals surface area (Å²) in [5.41, 5.74) is 1.14. The summed E-state index contributed by atoms with van der Waals surface area (Å²) in [6.45, 7) is 12.5. The van der Waals surface area contributed by atoms with E-state index in [-0.39, 0.29) is 5.41 Å². The number of ketones is 1. The number of Topliss-reactive ketones (excluding diaryl/α,β-unsaturated/α-hetero) is 1. The molecule has 5 heteroatoms. The molecule has 1 saturated carbocycles. The van der Waals surface area contributed by atoms with Gasteiger partial charge in [0.1, 0.15) is 5.78 Å².